The number of aromatic nitrogens is 2. The third-order valence-electron chi connectivity index (χ3n) is 4.60. The predicted octanol–water partition coefficient (Wildman–Crippen LogP) is 4.47. The molecule has 1 aliphatic heterocycles. The zero-order valence-electron chi connectivity index (χ0n) is 15.0. The quantitative estimate of drug-likeness (QED) is 0.846. The van der Waals surface area contributed by atoms with Gasteiger partial charge in [0.2, 0.25) is 0 Å². The first-order chi connectivity index (χ1) is 11.7. The van der Waals surface area contributed by atoms with Crippen LogP contribution in [0.3, 0.4) is 0 Å². The summed E-state index contributed by atoms with van der Waals surface area (Å²) in [6, 6.07) is 11.2. The lowest BCUT2D eigenvalue weighted by Crippen LogP contribution is -2.67. The molecule has 1 saturated heterocycles. The van der Waals surface area contributed by atoms with Crippen molar-refractivity contribution in [2.24, 2.45) is 0 Å². The first-order valence-electron chi connectivity index (χ1n) is 8.46. The molecule has 0 saturated carbocycles. The number of benzene rings is 1. The smallest absolute Gasteiger partial charge is 0.157 e. The zero-order chi connectivity index (χ0) is 18.2. The maximum absolute atomic E-state index is 15.1. The number of anilines is 1. The van der Waals surface area contributed by atoms with Crippen molar-refractivity contribution >= 4 is 17.4 Å². The summed E-state index contributed by atoms with van der Waals surface area (Å²) >= 11 is 6.04. The van der Waals surface area contributed by atoms with Crippen molar-refractivity contribution in [3.63, 3.8) is 0 Å². The number of hydrogen-bond acceptors (Lipinski definition) is 4. The minimum Gasteiger partial charge on any atom is -0.362 e. The average molecular weight is 363 g/mol. The number of nitrogens with one attached hydrogen (secondary N) is 2. The Labute approximate surface area is 153 Å². The van der Waals surface area contributed by atoms with E-state index in [1.54, 1.807) is 6.07 Å². The van der Waals surface area contributed by atoms with Crippen molar-refractivity contribution in [3.8, 4) is 11.1 Å². The lowest BCUT2D eigenvalue weighted by Gasteiger charge is -2.49. The van der Waals surface area contributed by atoms with Gasteiger partial charge in [0.1, 0.15) is 6.17 Å². The van der Waals surface area contributed by atoms with Crippen molar-refractivity contribution in [1.82, 2.24) is 15.5 Å². The SMILES string of the molecule is CC1(C)C[C@H](Nc2nnc(Cl)cc2-c2ccccc2)[C@H](F)C(C)(C)N1. The van der Waals surface area contributed by atoms with Crippen molar-refractivity contribution in [1.29, 1.82) is 0 Å². The van der Waals surface area contributed by atoms with Crippen LogP contribution in [0.1, 0.15) is 34.1 Å². The molecule has 6 heteroatoms. The predicted molar refractivity (Wildman–Crippen MR) is 101 cm³/mol. The second-order valence-electron chi connectivity index (χ2n) is 7.88. The average Bonchev–Trinajstić information content (AvgIpc) is 2.53. The fourth-order valence-electron chi connectivity index (χ4n) is 3.76. The van der Waals surface area contributed by atoms with Crippen LogP contribution in [0.15, 0.2) is 36.4 Å². The standard InChI is InChI=1S/C19H24ClFN4/c1-18(2)11-14(16(21)19(3,4)25-18)22-17-13(10-15(20)23-24-17)12-8-6-5-7-9-12/h5-10,14,16,25H,11H2,1-4H3,(H,22,24)/t14-,16-/m0/s1. The molecular weight excluding hydrogens is 339 g/mol. The Bertz CT molecular complexity index is 748. The molecule has 2 heterocycles. The molecule has 1 aliphatic rings. The first kappa shape index (κ1) is 18.1. The molecule has 134 valence electrons. The molecule has 0 aliphatic carbocycles. The van der Waals surface area contributed by atoms with E-state index in [1.165, 1.54) is 0 Å². The van der Waals surface area contributed by atoms with Crippen molar-refractivity contribution in [2.45, 2.75) is 57.4 Å². The summed E-state index contributed by atoms with van der Waals surface area (Å²) < 4.78 is 15.1. The molecule has 0 unspecified atom stereocenters. The second-order valence-corrected chi connectivity index (χ2v) is 8.27. The molecule has 1 aromatic heterocycles. The topological polar surface area (TPSA) is 49.8 Å². The Morgan fingerprint density at radius 1 is 1.16 bits per heavy atom. The number of rotatable bonds is 3. The van der Waals surface area contributed by atoms with Crippen molar-refractivity contribution in [3.05, 3.63) is 41.6 Å². The summed E-state index contributed by atoms with van der Waals surface area (Å²) in [5, 5.41) is 15.1. The van der Waals surface area contributed by atoms with Crippen LogP contribution in [0.5, 0.6) is 0 Å². The molecule has 25 heavy (non-hydrogen) atoms. The van der Waals surface area contributed by atoms with Crippen LogP contribution in [0.4, 0.5) is 10.2 Å². The van der Waals surface area contributed by atoms with Crippen LogP contribution in [-0.2, 0) is 0 Å². The summed E-state index contributed by atoms with van der Waals surface area (Å²) in [4.78, 5) is 0. The summed E-state index contributed by atoms with van der Waals surface area (Å²) in [5.74, 6) is 0.553. The van der Waals surface area contributed by atoms with Gasteiger partial charge in [0, 0.05) is 16.6 Å². The molecule has 4 nitrogen and oxygen atoms in total. The van der Waals surface area contributed by atoms with Gasteiger partial charge in [0.05, 0.1) is 6.04 Å². The molecule has 0 spiro atoms. The maximum Gasteiger partial charge on any atom is 0.157 e. The first-order valence-corrected chi connectivity index (χ1v) is 8.84. The Balaban J connectivity index is 1.95. The lowest BCUT2D eigenvalue weighted by molar-refractivity contribution is 0.0655. The minimum absolute atomic E-state index is 0.184. The number of piperidine rings is 1. The summed E-state index contributed by atoms with van der Waals surface area (Å²) in [5.41, 5.74) is 0.967. The summed E-state index contributed by atoms with van der Waals surface area (Å²) in [6.07, 6.45) is -0.433. The van der Waals surface area contributed by atoms with E-state index in [0.29, 0.717) is 17.4 Å². The van der Waals surface area contributed by atoms with Crippen molar-refractivity contribution in [2.75, 3.05) is 5.32 Å². The molecule has 2 aromatic rings. The fraction of sp³-hybridized carbons (Fsp3) is 0.474. The van der Waals surface area contributed by atoms with E-state index >= 15 is 4.39 Å². The number of alkyl halides is 1. The Hall–Kier alpha value is -1.72. The number of halogens is 2. The van der Waals surface area contributed by atoms with E-state index in [4.69, 9.17) is 11.6 Å². The third kappa shape index (κ3) is 3.93. The van der Waals surface area contributed by atoms with Gasteiger partial charge in [0.15, 0.2) is 11.0 Å². The van der Waals surface area contributed by atoms with E-state index in [9.17, 15) is 0 Å². The highest BCUT2D eigenvalue weighted by atomic mass is 35.5. The molecule has 0 amide bonds. The molecule has 3 rings (SSSR count). The van der Waals surface area contributed by atoms with E-state index in [0.717, 1.165) is 11.1 Å². The highest BCUT2D eigenvalue weighted by Crippen LogP contribution is 2.35. The van der Waals surface area contributed by atoms with Crippen LogP contribution in [0.25, 0.3) is 11.1 Å². The molecule has 0 radical (unpaired) electrons. The van der Waals surface area contributed by atoms with Gasteiger partial charge in [-0.05, 0) is 45.7 Å². The van der Waals surface area contributed by atoms with Crippen molar-refractivity contribution < 1.29 is 4.39 Å². The fourth-order valence-corrected chi connectivity index (χ4v) is 3.91. The van der Waals surface area contributed by atoms with E-state index < -0.39 is 11.7 Å². The lowest BCUT2D eigenvalue weighted by atomic mass is 9.78. The highest BCUT2D eigenvalue weighted by molar-refractivity contribution is 6.29. The molecule has 0 bridgehead atoms. The third-order valence-corrected chi connectivity index (χ3v) is 4.79. The maximum atomic E-state index is 15.1. The van der Waals surface area contributed by atoms with Gasteiger partial charge in [0.25, 0.3) is 0 Å². The Morgan fingerprint density at radius 3 is 2.52 bits per heavy atom. The van der Waals surface area contributed by atoms with Gasteiger partial charge in [-0.15, -0.1) is 10.2 Å². The van der Waals surface area contributed by atoms with Crippen LogP contribution in [0.2, 0.25) is 5.15 Å². The second kappa shape index (κ2) is 6.54. The van der Waals surface area contributed by atoms with Gasteiger partial charge in [-0.25, -0.2) is 4.39 Å². The van der Waals surface area contributed by atoms with Crippen LogP contribution >= 0.6 is 11.6 Å². The van der Waals surface area contributed by atoms with E-state index in [-0.39, 0.29) is 11.6 Å². The molecule has 1 fully saturated rings. The highest BCUT2D eigenvalue weighted by Gasteiger charge is 2.46. The normalized spacial score (nSPS) is 24.7. The van der Waals surface area contributed by atoms with Gasteiger partial charge in [-0.2, -0.15) is 0 Å². The number of nitrogens with zero attached hydrogens (tertiary/aromatic N) is 2. The summed E-state index contributed by atoms with van der Waals surface area (Å²) in [6.45, 7) is 7.94. The number of hydrogen-bond donors (Lipinski definition) is 2. The minimum atomic E-state index is -1.07. The van der Waals surface area contributed by atoms with E-state index in [1.807, 2.05) is 44.2 Å². The molecule has 2 atom stereocenters. The van der Waals surface area contributed by atoms with Crippen LogP contribution in [0, 0.1) is 0 Å². The van der Waals surface area contributed by atoms with Gasteiger partial charge < -0.3 is 10.6 Å². The summed E-state index contributed by atoms with van der Waals surface area (Å²) in [7, 11) is 0. The van der Waals surface area contributed by atoms with Crippen LogP contribution in [-0.4, -0.2) is 33.5 Å². The molecular formula is C19H24ClFN4. The largest absolute Gasteiger partial charge is 0.362 e. The molecule has 1 aromatic carbocycles. The van der Waals surface area contributed by atoms with Crippen LogP contribution < -0.4 is 10.6 Å². The monoisotopic (exact) mass is 362 g/mol. The zero-order valence-corrected chi connectivity index (χ0v) is 15.7. The van der Waals surface area contributed by atoms with Gasteiger partial charge in [-0.1, -0.05) is 41.9 Å². The van der Waals surface area contributed by atoms with Gasteiger partial charge in [-0.3, -0.25) is 0 Å². The Kier molecular flexibility index (Phi) is 4.73. The van der Waals surface area contributed by atoms with Gasteiger partial charge >= 0.3 is 0 Å². The Morgan fingerprint density at radius 2 is 1.84 bits per heavy atom. The van der Waals surface area contributed by atoms with E-state index in [2.05, 4.69) is 34.7 Å². The molecule has 2 N–H and O–H groups in total.